The summed E-state index contributed by atoms with van der Waals surface area (Å²) in [5.74, 6) is 0.259. The lowest BCUT2D eigenvalue weighted by Gasteiger charge is -2.04. The molecule has 0 fully saturated rings. The molecule has 0 unspecified atom stereocenters. The van der Waals surface area contributed by atoms with E-state index in [0.717, 1.165) is 11.3 Å². The molecular weight excluding hydrogens is 193 g/mol. The number of rotatable bonds is 2. The third kappa shape index (κ3) is 2.15. The minimum Gasteiger partial charge on any atom is -0.382 e. The molecule has 2 N–H and O–H groups in total. The normalized spacial score (nSPS) is 10.5. The number of aryl methyl sites for hydroxylation is 1. The molecule has 0 amide bonds. The van der Waals surface area contributed by atoms with E-state index in [1.165, 1.54) is 12.1 Å². The van der Waals surface area contributed by atoms with E-state index in [1.807, 2.05) is 13.0 Å². The predicted molar refractivity (Wildman–Crippen MR) is 56.9 cm³/mol. The maximum atomic E-state index is 12.9. The molecule has 2 rings (SSSR count). The smallest absolute Gasteiger partial charge is 0.145 e. The van der Waals surface area contributed by atoms with Crippen LogP contribution in [0.25, 0.3) is 0 Å². The number of nitrogens with two attached hydrogens (primary N) is 1. The molecule has 0 aliphatic carbocycles. The summed E-state index contributed by atoms with van der Waals surface area (Å²) in [6, 6.07) is 8.26. The number of benzene rings is 1. The quantitative estimate of drug-likeness (QED) is 0.814. The SMILES string of the molecule is Cc1cc(N)nn1Cc1cccc(F)c1. The Morgan fingerprint density at radius 3 is 2.80 bits per heavy atom. The van der Waals surface area contributed by atoms with Crippen molar-refractivity contribution < 1.29 is 4.39 Å². The van der Waals surface area contributed by atoms with Gasteiger partial charge in [0.05, 0.1) is 6.54 Å². The Hall–Kier alpha value is -1.84. The number of nitrogens with zero attached hydrogens (tertiary/aromatic N) is 2. The highest BCUT2D eigenvalue weighted by Crippen LogP contribution is 2.09. The van der Waals surface area contributed by atoms with Crippen molar-refractivity contribution in [2.45, 2.75) is 13.5 Å². The van der Waals surface area contributed by atoms with Gasteiger partial charge < -0.3 is 5.73 Å². The molecule has 1 aromatic carbocycles. The summed E-state index contributed by atoms with van der Waals surface area (Å²) in [6.07, 6.45) is 0. The van der Waals surface area contributed by atoms with Crippen LogP contribution in [0, 0.1) is 12.7 Å². The van der Waals surface area contributed by atoms with Crippen LogP contribution in [0.1, 0.15) is 11.3 Å². The molecule has 0 aliphatic rings. The van der Waals surface area contributed by atoms with Crippen LogP contribution in [0.5, 0.6) is 0 Å². The molecule has 15 heavy (non-hydrogen) atoms. The Kier molecular flexibility index (Phi) is 2.41. The highest BCUT2D eigenvalue weighted by atomic mass is 19.1. The van der Waals surface area contributed by atoms with Crippen LogP contribution in [0.4, 0.5) is 10.2 Å². The molecule has 1 aromatic heterocycles. The Bertz CT molecular complexity index is 476. The van der Waals surface area contributed by atoms with Crippen molar-refractivity contribution in [1.29, 1.82) is 0 Å². The minimum absolute atomic E-state index is 0.231. The fourth-order valence-electron chi connectivity index (χ4n) is 1.50. The summed E-state index contributed by atoms with van der Waals surface area (Å²) < 4.78 is 14.7. The van der Waals surface area contributed by atoms with Gasteiger partial charge in [-0.3, -0.25) is 4.68 Å². The molecule has 0 saturated carbocycles. The van der Waals surface area contributed by atoms with E-state index >= 15 is 0 Å². The van der Waals surface area contributed by atoms with Crippen LogP contribution in [0.2, 0.25) is 0 Å². The zero-order chi connectivity index (χ0) is 10.8. The molecule has 3 nitrogen and oxygen atoms in total. The van der Waals surface area contributed by atoms with E-state index < -0.39 is 0 Å². The largest absolute Gasteiger partial charge is 0.382 e. The Morgan fingerprint density at radius 2 is 2.20 bits per heavy atom. The van der Waals surface area contributed by atoms with Crippen molar-refractivity contribution in [2.24, 2.45) is 0 Å². The molecular formula is C11H12FN3. The van der Waals surface area contributed by atoms with Gasteiger partial charge in [-0.1, -0.05) is 12.1 Å². The average Bonchev–Trinajstić information content (AvgIpc) is 2.45. The topological polar surface area (TPSA) is 43.8 Å². The van der Waals surface area contributed by atoms with Gasteiger partial charge in [0.1, 0.15) is 11.6 Å². The minimum atomic E-state index is -0.231. The molecule has 0 saturated heterocycles. The van der Waals surface area contributed by atoms with Gasteiger partial charge in [-0.25, -0.2) is 4.39 Å². The number of hydrogen-bond acceptors (Lipinski definition) is 2. The predicted octanol–water partition coefficient (Wildman–Crippen LogP) is 1.96. The Balaban J connectivity index is 2.25. The van der Waals surface area contributed by atoms with E-state index in [4.69, 9.17) is 5.73 Å². The molecule has 2 aromatic rings. The standard InChI is InChI=1S/C11H12FN3/c1-8-5-11(13)14-15(8)7-9-3-2-4-10(12)6-9/h2-6H,7H2,1H3,(H2,13,14). The van der Waals surface area contributed by atoms with E-state index in [2.05, 4.69) is 5.10 Å². The number of aromatic nitrogens is 2. The number of nitrogen functional groups attached to an aromatic ring is 1. The van der Waals surface area contributed by atoms with Crippen molar-refractivity contribution >= 4 is 5.82 Å². The number of anilines is 1. The van der Waals surface area contributed by atoms with Crippen LogP contribution in [-0.2, 0) is 6.54 Å². The van der Waals surface area contributed by atoms with Gasteiger partial charge in [-0.05, 0) is 24.6 Å². The molecule has 78 valence electrons. The maximum absolute atomic E-state index is 12.9. The van der Waals surface area contributed by atoms with Crippen molar-refractivity contribution in [1.82, 2.24) is 9.78 Å². The summed E-state index contributed by atoms with van der Waals surface area (Å²) >= 11 is 0. The number of halogens is 1. The second-order valence-electron chi connectivity index (χ2n) is 3.50. The van der Waals surface area contributed by atoms with Crippen molar-refractivity contribution in [3.8, 4) is 0 Å². The molecule has 0 atom stereocenters. The van der Waals surface area contributed by atoms with Gasteiger partial charge in [0.25, 0.3) is 0 Å². The first-order valence-electron chi connectivity index (χ1n) is 4.69. The van der Waals surface area contributed by atoms with Crippen LogP contribution in [0.3, 0.4) is 0 Å². The highest BCUT2D eigenvalue weighted by molar-refractivity contribution is 5.29. The van der Waals surface area contributed by atoms with Gasteiger partial charge in [0.15, 0.2) is 0 Å². The Morgan fingerprint density at radius 1 is 1.40 bits per heavy atom. The van der Waals surface area contributed by atoms with Crippen LogP contribution in [-0.4, -0.2) is 9.78 Å². The van der Waals surface area contributed by atoms with E-state index in [0.29, 0.717) is 12.4 Å². The maximum Gasteiger partial charge on any atom is 0.145 e. The fraction of sp³-hybridized carbons (Fsp3) is 0.182. The van der Waals surface area contributed by atoms with E-state index in [-0.39, 0.29) is 5.82 Å². The van der Waals surface area contributed by atoms with Gasteiger partial charge in [-0.2, -0.15) is 5.10 Å². The van der Waals surface area contributed by atoms with E-state index in [9.17, 15) is 4.39 Å². The van der Waals surface area contributed by atoms with Crippen molar-refractivity contribution in [2.75, 3.05) is 5.73 Å². The van der Waals surface area contributed by atoms with E-state index in [1.54, 1.807) is 16.8 Å². The van der Waals surface area contributed by atoms with Crippen molar-refractivity contribution in [3.63, 3.8) is 0 Å². The fourth-order valence-corrected chi connectivity index (χ4v) is 1.50. The summed E-state index contributed by atoms with van der Waals surface area (Å²) in [6.45, 7) is 2.46. The highest BCUT2D eigenvalue weighted by Gasteiger charge is 2.02. The molecule has 0 radical (unpaired) electrons. The van der Waals surface area contributed by atoms with Crippen LogP contribution in [0.15, 0.2) is 30.3 Å². The second-order valence-corrected chi connectivity index (χ2v) is 3.50. The summed E-state index contributed by atoms with van der Waals surface area (Å²) in [5.41, 5.74) is 7.40. The first kappa shape index (κ1) is 9.71. The molecule has 0 aliphatic heterocycles. The molecule has 4 heteroatoms. The monoisotopic (exact) mass is 205 g/mol. The zero-order valence-corrected chi connectivity index (χ0v) is 8.44. The average molecular weight is 205 g/mol. The summed E-state index contributed by atoms with van der Waals surface area (Å²) in [5, 5.41) is 4.11. The number of hydrogen-bond donors (Lipinski definition) is 1. The third-order valence-corrected chi connectivity index (χ3v) is 2.22. The molecule has 0 bridgehead atoms. The van der Waals surface area contributed by atoms with Gasteiger partial charge in [0, 0.05) is 11.8 Å². The van der Waals surface area contributed by atoms with Crippen LogP contribution < -0.4 is 5.73 Å². The Labute approximate surface area is 87.3 Å². The second kappa shape index (κ2) is 3.73. The molecule has 0 spiro atoms. The lowest BCUT2D eigenvalue weighted by molar-refractivity contribution is 0.617. The lowest BCUT2D eigenvalue weighted by atomic mass is 10.2. The zero-order valence-electron chi connectivity index (χ0n) is 8.44. The molecule has 1 heterocycles. The lowest BCUT2D eigenvalue weighted by Crippen LogP contribution is -2.04. The summed E-state index contributed by atoms with van der Waals surface area (Å²) in [7, 11) is 0. The van der Waals surface area contributed by atoms with Gasteiger partial charge in [-0.15, -0.1) is 0 Å². The third-order valence-electron chi connectivity index (χ3n) is 2.22. The van der Waals surface area contributed by atoms with Crippen molar-refractivity contribution in [3.05, 3.63) is 47.4 Å². The summed E-state index contributed by atoms with van der Waals surface area (Å²) in [4.78, 5) is 0. The van der Waals surface area contributed by atoms with Gasteiger partial charge >= 0.3 is 0 Å². The first-order valence-corrected chi connectivity index (χ1v) is 4.69. The first-order chi connectivity index (χ1) is 7.15. The van der Waals surface area contributed by atoms with Gasteiger partial charge in [0.2, 0.25) is 0 Å². The van der Waals surface area contributed by atoms with Crippen LogP contribution >= 0.6 is 0 Å².